The monoisotopic (exact) mass is 431 g/mol. The Labute approximate surface area is 183 Å². The van der Waals surface area contributed by atoms with Gasteiger partial charge in [-0.1, -0.05) is 33.8 Å². The fourth-order valence-corrected chi connectivity index (χ4v) is 3.28. The number of carbonyl (C=O) groups is 2. The zero-order valence-electron chi connectivity index (χ0n) is 19.4. The minimum Gasteiger partial charge on any atom is -0.496 e. The second-order valence-electron chi connectivity index (χ2n) is 8.13. The largest absolute Gasteiger partial charge is 0.496 e. The molecule has 1 N–H and O–H groups in total. The van der Waals surface area contributed by atoms with Crippen LogP contribution in [0.25, 0.3) is 11.3 Å². The van der Waals surface area contributed by atoms with Gasteiger partial charge in [-0.25, -0.2) is 0 Å². The molecule has 0 radical (unpaired) electrons. The van der Waals surface area contributed by atoms with Crippen molar-refractivity contribution in [2.24, 2.45) is 11.8 Å². The van der Waals surface area contributed by atoms with Crippen molar-refractivity contribution in [3.8, 4) is 22.8 Å². The first-order valence-corrected chi connectivity index (χ1v) is 10.4. The van der Waals surface area contributed by atoms with Crippen LogP contribution in [0, 0.1) is 11.8 Å². The zero-order valence-corrected chi connectivity index (χ0v) is 19.4. The smallest absolute Gasteiger partial charge is 0.307 e. The van der Waals surface area contributed by atoms with Gasteiger partial charge in [-0.3, -0.25) is 14.3 Å². The lowest BCUT2D eigenvalue weighted by atomic mass is 10.0. The predicted octanol–water partition coefficient (Wildman–Crippen LogP) is 3.54. The number of rotatable bonds is 10. The number of hydrogen-bond acceptors (Lipinski definition) is 6. The summed E-state index contributed by atoms with van der Waals surface area (Å²) in [6, 6.07) is 6.90. The van der Waals surface area contributed by atoms with Gasteiger partial charge in [-0.2, -0.15) is 5.10 Å². The number of aromatic nitrogens is 2. The Morgan fingerprint density at radius 1 is 1.06 bits per heavy atom. The van der Waals surface area contributed by atoms with E-state index in [1.165, 1.54) is 7.11 Å². The van der Waals surface area contributed by atoms with Crippen molar-refractivity contribution in [1.29, 1.82) is 0 Å². The molecule has 1 aromatic heterocycles. The number of esters is 1. The van der Waals surface area contributed by atoms with Crippen LogP contribution in [0.1, 0.15) is 44.6 Å². The number of hydrogen-bond donors (Lipinski definition) is 1. The Kier molecular flexibility index (Phi) is 8.47. The number of nitrogens with one attached hydrogen (secondary N) is 1. The average Bonchev–Trinajstić information content (AvgIpc) is 3.14. The summed E-state index contributed by atoms with van der Waals surface area (Å²) in [6.07, 6.45) is 0.0970. The first-order chi connectivity index (χ1) is 14.7. The molecule has 0 saturated heterocycles. The molecule has 0 bridgehead atoms. The van der Waals surface area contributed by atoms with E-state index in [2.05, 4.69) is 24.3 Å². The van der Waals surface area contributed by atoms with Crippen molar-refractivity contribution in [3.63, 3.8) is 0 Å². The molecule has 8 heteroatoms. The molecule has 0 aliphatic rings. The molecule has 0 saturated carbocycles. The van der Waals surface area contributed by atoms with Gasteiger partial charge < -0.3 is 19.5 Å². The topological polar surface area (TPSA) is 91.7 Å². The predicted molar refractivity (Wildman–Crippen MR) is 118 cm³/mol. The van der Waals surface area contributed by atoms with Crippen LogP contribution in [-0.2, 0) is 16.1 Å². The summed E-state index contributed by atoms with van der Waals surface area (Å²) >= 11 is 0. The molecule has 0 spiro atoms. The maximum absolute atomic E-state index is 13.0. The Morgan fingerprint density at radius 3 is 2.16 bits per heavy atom. The van der Waals surface area contributed by atoms with Crippen LogP contribution >= 0.6 is 0 Å². The summed E-state index contributed by atoms with van der Waals surface area (Å²) < 4.78 is 17.7. The Hall–Kier alpha value is -3.03. The second-order valence-corrected chi connectivity index (χ2v) is 8.13. The van der Waals surface area contributed by atoms with Gasteiger partial charge in [0.15, 0.2) is 5.69 Å². The SMILES string of the molecule is COC(=O)CC(NC(=O)c1cc(-c2c(OC)cccc2OC)n(CC(C)C)n1)C(C)C. The van der Waals surface area contributed by atoms with Gasteiger partial charge in [0.25, 0.3) is 5.91 Å². The number of ether oxygens (including phenoxy) is 3. The van der Waals surface area contributed by atoms with E-state index in [1.54, 1.807) is 25.0 Å². The first-order valence-electron chi connectivity index (χ1n) is 10.4. The molecule has 8 nitrogen and oxygen atoms in total. The lowest BCUT2D eigenvalue weighted by Crippen LogP contribution is -2.40. The van der Waals surface area contributed by atoms with Gasteiger partial charge in [0.2, 0.25) is 0 Å². The molecule has 1 unspecified atom stereocenters. The molecular weight excluding hydrogens is 398 g/mol. The summed E-state index contributed by atoms with van der Waals surface area (Å²) in [4.78, 5) is 24.7. The summed E-state index contributed by atoms with van der Waals surface area (Å²) in [6.45, 7) is 8.65. The van der Waals surface area contributed by atoms with Crippen LogP contribution in [-0.4, -0.2) is 49.0 Å². The highest BCUT2D eigenvalue weighted by atomic mass is 16.5. The van der Waals surface area contributed by atoms with Crippen molar-refractivity contribution >= 4 is 11.9 Å². The van der Waals surface area contributed by atoms with E-state index in [1.807, 2.05) is 32.0 Å². The highest BCUT2D eigenvalue weighted by Crippen LogP contribution is 2.38. The van der Waals surface area contributed by atoms with Crippen molar-refractivity contribution in [3.05, 3.63) is 30.0 Å². The fourth-order valence-electron chi connectivity index (χ4n) is 3.28. The van der Waals surface area contributed by atoms with Crippen molar-refractivity contribution in [2.75, 3.05) is 21.3 Å². The molecule has 2 aromatic rings. The molecule has 31 heavy (non-hydrogen) atoms. The number of methoxy groups -OCH3 is 3. The van der Waals surface area contributed by atoms with Crippen LogP contribution in [0.5, 0.6) is 11.5 Å². The molecular formula is C23H33N3O5. The van der Waals surface area contributed by atoms with Gasteiger partial charge in [0, 0.05) is 12.6 Å². The van der Waals surface area contributed by atoms with Gasteiger partial charge in [0.05, 0.1) is 39.0 Å². The van der Waals surface area contributed by atoms with Crippen LogP contribution < -0.4 is 14.8 Å². The highest BCUT2D eigenvalue weighted by molar-refractivity contribution is 5.94. The van der Waals surface area contributed by atoms with E-state index in [9.17, 15) is 9.59 Å². The van der Waals surface area contributed by atoms with Gasteiger partial charge in [0.1, 0.15) is 11.5 Å². The first kappa shape index (κ1) is 24.2. The Bertz CT molecular complexity index is 882. The van der Waals surface area contributed by atoms with Gasteiger partial charge >= 0.3 is 5.97 Å². The molecule has 0 aliphatic heterocycles. The molecule has 1 heterocycles. The molecule has 1 aromatic carbocycles. The average molecular weight is 432 g/mol. The van der Waals surface area contributed by atoms with E-state index in [-0.39, 0.29) is 36.0 Å². The van der Waals surface area contributed by atoms with E-state index < -0.39 is 0 Å². The van der Waals surface area contributed by atoms with Gasteiger partial charge in [-0.15, -0.1) is 0 Å². The quantitative estimate of drug-likeness (QED) is 0.579. The minimum atomic E-state index is -0.371. The minimum absolute atomic E-state index is 0.0505. The maximum atomic E-state index is 13.0. The molecule has 2 rings (SSSR count). The summed E-state index contributed by atoms with van der Waals surface area (Å²) in [5, 5.41) is 7.49. The van der Waals surface area contributed by atoms with E-state index >= 15 is 0 Å². The van der Waals surface area contributed by atoms with Crippen LogP contribution in [0.4, 0.5) is 0 Å². The Morgan fingerprint density at radius 2 is 1.68 bits per heavy atom. The van der Waals surface area contributed by atoms with Gasteiger partial charge in [-0.05, 0) is 30.0 Å². The highest BCUT2D eigenvalue weighted by Gasteiger charge is 2.25. The summed E-state index contributed by atoms with van der Waals surface area (Å²) in [7, 11) is 4.52. The summed E-state index contributed by atoms with van der Waals surface area (Å²) in [5.74, 6) is 0.889. The number of nitrogens with zero attached hydrogens (tertiary/aromatic N) is 2. The third-order valence-electron chi connectivity index (χ3n) is 4.97. The van der Waals surface area contributed by atoms with E-state index in [4.69, 9.17) is 14.2 Å². The van der Waals surface area contributed by atoms with E-state index in [0.717, 1.165) is 11.3 Å². The molecule has 0 fully saturated rings. The second kappa shape index (κ2) is 10.8. The molecule has 170 valence electrons. The lowest BCUT2D eigenvalue weighted by Gasteiger charge is -2.20. The van der Waals surface area contributed by atoms with E-state index in [0.29, 0.717) is 24.0 Å². The molecule has 1 atom stereocenters. The maximum Gasteiger partial charge on any atom is 0.307 e. The zero-order chi connectivity index (χ0) is 23.1. The number of carbonyl (C=O) groups excluding carboxylic acids is 2. The third-order valence-corrected chi connectivity index (χ3v) is 4.97. The van der Waals surface area contributed by atoms with Crippen molar-refractivity contribution in [2.45, 2.75) is 46.7 Å². The normalized spacial score (nSPS) is 12.0. The Balaban J connectivity index is 2.47. The molecule has 0 aliphatic carbocycles. The third kappa shape index (κ3) is 5.99. The standard InChI is InChI=1S/C23H33N3O5/c1-14(2)13-26-18(22-19(29-5)9-8-10-20(22)30-6)11-17(25-26)23(28)24-16(15(3)4)12-21(27)31-7/h8-11,14-16H,12-13H2,1-7H3,(H,24,28). The summed E-state index contributed by atoms with van der Waals surface area (Å²) in [5.41, 5.74) is 1.72. The van der Waals surface area contributed by atoms with Crippen molar-refractivity contribution < 1.29 is 23.8 Å². The van der Waals surface area contributed by atoms with Crippen LogP contribution in [0.2, 0.25) is 0 Å². The number of amides is 1. The molecule has 1 amide bonds. The van der Waals surface area contributed by atoms with Crippen LogP contribution in [0.3, 0.4) is 0 Å². The van der Waals surface area contributed by atoms with Crippen LogP contribution in [0.15, 0.2) is 24.3 Å². The lowest BCUT2D eigenvalue weighted by molar-refractivity contribution is -0.141. The fraction of sp³-hybridized carbons (Fsp3) is 0.522. The number of benzene rings is 1. The van der Waals surface area contributed by atoms with Crippen molar-refractivity contribution in [1.82, 2.24) is 15.1 Å².